The number of methoxy groups -OCH3 is 1. The lowest BCUT2D eigenvalue weighted by atomic mass is 9.41. The molecule has 4 fully saturated rings. The van der Waals surface area contributed by atoms with Crippen LogP contribution in [-0.2, 0) is 4.74 Å². The lowest BCUT2D eigenvalue weighted by Crippen LogP contribution is -2.99. The third kappa shape index (κ3) is 4.17. The van der Waals surface area contributed by atoms with Gasteiger partial charge < -0.3 is 29.3 Å². The van der Waals surface area contributed by atoms with Crippen LogP contribution in [0.15, 0.2) is 30.3 Å². The molecule has 0 saturated heterocycles. The van der Waals surface area contributed by atoms with E-state index in [1.165, 1.54) is 44.9 Å². The number of rotatable bonds is 5. The molecule has 2 bridgehead atoms. The highest BCUT2D eigenvalue weighted by Gasteiger charge is 2.67. The van der Waals surface area contributed by atoms with E-state index in [0.29, 0.717) is 57.1 Å². The first-order valence-corrected chi connectivity index (χ1v) is 16.9. The number of nitrogens with one attached hydrogen (secondary N) is 1. The molecule has 3 N–H and O–H groups in total. The van der Waals surface area contributed by atoms with E-state index in [1.807, 2.05) is 12.1 Å². The summed E-state index contributed by atoms with van der Waals surface area (Å²) in [5.41, 5.74) is -0.400. The van der Waals surface area contributed by atoms with Crippen LogP contribution >= 0.6 is 0 Å². The van der Waals surface area contributed by atoms with Gasteiger partial charge in [-0.2, -0.15) is 5.23 Å². The first kappa shape index (κ1) is 30.2. The maximum atomic E-state index is 14.0. The van der Waals surface area contributed by atoms with Gasteiger partial charge in [0, 0.05) is 16.8 Å². The lowest BCUT2D eigenvalue weighted by Gasteiger charge is -2.64. The molecule has 7 atom stereocenters. The Morgan fingerprint density at radius 2 is 1.87 bits per heavy atom. The highest BCUT2D eigenvalue weighted by molar-refractivity contribution is 6.22. The molecule has 5 aliphatic rings. The van der Waals surface area contributed by atoms with Crippen LogP contribution in [0.3, 0.4) is 0 Å². The van der Waals surface area contributed by atoms with Crippen molar-refractivity contribution in [1.82, 2.24) is 0 Å². The number of fused-ring (bicyclic) bond motifs is 8. The molecule has 1 heterocycles. The molecule has 9 nitrogen and oxygen atoms in total. The van der Waals surface area contributed by atoms with E-state index in [2.05, 4.69) is 20.8 Å². The van der Waals surface area contributed by atoms with Crippen molar-refractivity contribution in [3.05, 3.63) is 41.1 Å². The van der Waals surface area contributed by atoms with Gasteiger partial charge in [0.15, 0.2) is 17.2 Å². The maximum Gasteiger partial charge on any atom is 0.339 e. The fraction of sp³-hybridized carbons (Fsp3) is 0.595. The van der Waals surface area contributed by atoms with Gasteiger partial charge in [-0.25, -0.2) is 10.0 Å². The number of aliphatic hydroxyl groups is 1. The number of carbonyl (C=O) groups excluding carboxylic acids is 1. The Labute approximate surface area is 269 Å². The molecule has 4 aliphatic carbocycles. The molecule has 0 aromatic heterocycles. The van der Waals surface area contributed by atoms with Crippen LogP contribution in [0.5, 0.6) is 17.2 Å². The second kappa shape index (κ2) is 10.2. The normalized spacial score (nSPS) is 34.6. The van der Waals surface area contributed by atoms with Crippen molar-refractivity contribution in [1.29, 1.82) is 0 Å². The van der Waals surface area contributed by atoms with Crippen LogP contribution < -0.4 is 19.4 Å². The van der Waals surface area contributed by atoms with E-state index in [0.717, 1.165) is 25.7 Å². The predicted octanol–water partition coefficient (Wildman–Crippen LogP) is 6.45. The second-order valence-electron chi connectivity index (χ2n) is 15.9. The van der Waals surface area contributed by atoms with E-state index < -0.39 is 16.8 Å². The minimum atomic E-state index is -1.19. The fourth-order valence-corrected chi connectivity index (χ4v) is 11.6. The molecule has 3 aromatic rings. The maximum absolute atomic E-state index is 14.0. The molecule has 0 radical (unpaired) electrons. The SMILES string of the molecule is COc1cccc2c1cc([NH+]([O-])O)c1c(C(=O)OC[C@]3(O)C[C@@]45CC[C@H]6C(C)(C)CCC[C@@]6(C)[C@@H]4CC[C@@H]3C5)cc3c(c12)OCO3. The Balaban J connectivity index is 1.14. The number of hydrogen-bond donors (Lipinski definition) is 3. The summed E-state index contributed by atoms with van der Waals surface area (Å²) >= 11 is 0. The number of quaternary nitrogens is 1. The molecular weight excluding hydrogens is 586 g/mol. The topological polar surface area (TPSA) is 122 Å². The lowest BCUT2D eigenvalue weighted by molar-refractivity contribution is -0.990. The molecule has 4 saturated carbocycles. The summed E-state index contributed by atoms with van der Waals surface area (Å²) in [7, 11) is 1.53. The standard InChI is InChI=1S/C37H45NO8/c1-34(2)12-6-13-35(3)28(34)11-14-36-17-21(9-10-29(35)36)37(40,18-36)19-44-33(39)24-16-27-32(46-20-45-27)31-22-7-5-8-26(43-4)23(22)15-25(30(24)31)38(41)42/h5,7-8,15-16,21,28-29,38,40-41H,6,9-14,17-20H2,1-4H3/t21-,28+,29+,35-,36+,37-/m1/s1. The summed E-state index contributed by atoms with van der Waals surface area (Å²) < 4.78 is 23.1. The van der Waals surface area contributed by atoms with Crippen LogP contribution in [0.1, 0.15) is 88.9 Å². The summed E-state index contributed by atoms with van der Waals surface area (Å²) in [5.74, 6) is 1.91. The van der Waals surface area contributed by atoms with Crippen LogP contribution in [0.4, 0.5) is 5.69 Å². The number of benzene rings is 3. The zero-order valence-corrected chi connectivity index (χ0v) is 27.2. The summed E-state index contributed by atoms with van der Waals surface area (Å²) in [6, 6.07) is 8.48. The summed E-state index contributed by atoms with van der Waals surface area (Å²) in [4.78, 5) is 14.0. The predicted molar refractivity (Wildman–Crippen MR) is 171 cm³/mol. The van der Waals surface area contributed by atoms with Crippen molar-refractivity contribution >= 4 is 33.2 Å². The Hall–Kier alpha value is -3.11. The average molecular weight is 632 g/mol. The van der Waals surface area contributed by atoms with E-state index in [4.69, 9.17) is 18.9 Å². The highest BCUT2D eigenvalue weighted by atomic mass is 16.8. The van der Waals surface area contributed by atoms with Gasteiger partial charge in [-0.3, -0.25) is 0 Å². The fourth-order valence-electron chi connectivity index (χ4n) is 11.6. The third-order valence-electron chi connectivity index (χ3n) is 13.3. The van der Waals surface area contributed by atoms with Crippen LogP contribution in [0.2, 0.25) is 0 Å². The number of hydrogen-bond acceptors (Lipinski definition) is 8. The van der Waals surface area contributed by atoms with Gasteiger partial charge in [0.25, 0.3) is 0 Å². The van der Waals surface area contributed by atoms with Gasteiger partial charge in [-0.05, 0) is 103 Å². The molecule has 1 unspecified atom stereocenters. The molecule has 8 rings (SSSR count). The summed E-state index contributed by atoms with van der Waals surface area (Å²) in [6.45, 7) is 7.28. The minimum Gasteiger partial charge on any atom is -0.595 e. The zero-order valence-electron chi connectivity index (χ0n) is 27.2. The molecule has 1 spiro atoms. The summed E-state index contributed by atoms with van der Waals surface area (Å²) in [6.07, 6.45) is 9.83. The van der Waals surface area contributed by atoms with E-state index in [1.54, 1.807) is 6.07 Å². The van der Waals surface area contributed by atoms with Gasteiger partial charge in [0.2, 0.25) is 6.79 Å². The van der Waals surface area contributed by atoms with Crippen LogP contribution in [0.25, 0.3) is 21.5 Å². The van der Waals surface area contributed by atoms with Crippen LogP contribution in [0, 0.1) is 39.2 Å². The Morgan fingerprint density at radius 1 is 1.04 bits per heavy atom. The molecule has 0 amide bonds. The van der Waals surface area contributed by atoms with Crippen molar-refractivity contribution in [2.45, 2.75) is 84.2 Å². The summed E-state index contributed by atoms with van der Waals surface area (Å²) in [5, 5.41) is 36.0. The average Bonchev–Trinajstić information content (AvgIpc) is 3.57. The Kier molecular flexibility index (Phi) is 6.70. The largest absolute Gasteiger partial charge is 0.595 e. The second-order valence-corrected chi connectivity index (χ2v) is 15.9. The number of esters is 1. The highest BCUT2D eigenvalue weighted by Crippen LogP contribution is 2.73. The molecular formula is C37H45NO8. The van der Waals surface area contributed by atoms with Gasteiger partial charge in [0.05, 0.1) is 18.1 Å². The smallest absolute Gasteiger partial charge is 0.339 e. The molecule has 9 heteroatoms. The zero-order chi connectivity index (χ0) is 32.2. The van der Waals surface area contributed by atoms with Crippen molar-refractivity contribution in [2.24, 2.45) is 34.0 Å². The molecule has 3 aromatic carbocycles. The Morgan fingerprint density at radius 3 is 2.65 bits per heavy atom. The molecule has 46 heavy (non-hydrogen) atoms. The number of carbonyl (C=O) groups is 1. The first-order valence-electron chi connectivity index (χ1n) is 16.9. The van der Waals surface area contributed by atoms with Crippen molar-refractivity contribution in [3.63, 3.8) is 0 Å². The number of ether oxygens (including phenoxy) is 4. The minimum absolute atomic E-state index is 0.0483. The van der Waals surface area contributed by atoms with E-state index >= 15 is 0 Å². The quantitative estimate of drug-likeness (QED) is 0.167. The van der Waals surface area contributed by atoms with Gasteiger partial charge in [0.1, 0.15) is 18.0 Å². The van der Waals surface area contributed by atoms with Crippen molar-refractivity contribution in [3.8, 4) is 17.2 Å². The first-order chi connectivity index (χ1) is 21.9. The van der Waals surface area contributed by atoms with Gasteiger partial charge in [-0.1, -0.05) is 39.3 Å². The Bertz CT molecular complexity index is 1750. The molecule has 246 valence electrons. The van der Waals surface area contributed by atoms with Gasteiger partial charge >= 0.3 is 5.97 Å². The van der Waals surface area contributed by atoms with Crippen molar-refractivity contribution in [2.75, 3.05) is 20.5 Å². The molecule has 1 aliphatic heterocycles. The van der Waals surface area contributed by atoms with Crippen molar-refractivity contribution < 1.29 is 39.3 Å². The van der Waals surface area contributed by atoms with E-state index in [-0.39, 0.29) is 46.8 Å². The van der Waals surface area contributed by atoms with Gasteiger partial charge in [-0.15, -0.1) is 0 Å². The third-order valence-corrected chi connectivity index (χ3v) is 13.3. The van der Waals surface area contributed by atoms with E-state index in [9.17, 15) is 20.3 Å². The monoisotopic (exact) mass is 631 g/mol. The van der Waals surface area contributed by atoms with Crippen LogP contribution in [-0.4, -0.2) is 42.4 Å².